The van der Waals surface area contributed by atoms with Crippen molar-refractivity contribution in [1.82, 2.24) is 15.0 Å². The molecular formula is C8H7N3O. The van der Waals surface area contributed by atoms with Gasteiger partial charge in [-0.2, -0.15) is 4.98 Å². The van der Waals surface area contributed by atoms with E-state index in [4.69, 9.17) is 7.48 Å². The van der Waals surface area contributed by atoms with E-state index in [1.54, 1.807) is 24.7 Å². The van der Waals surface area contributed by atoms with Crippen molar-refractivity contribution < 1.29 is 7.48 Å². The maximum absolute atomic E-state index is 6.88. The van der Waals surface area contributed by atoms with Crippen molar-refractivity contribution in [2.24, 2.45) is 0 Å². The van der Waals surface area contributed by atoms with Crippen LogP contribution in [0.15, 0.2) is 24.7 Å². The Balaban J connectivity index is 2.41. The normalized spacial score (nSPS) is 12.8. The molecule has 0 N–H and O–H groups in total. The molecule has 0 atom stereocenters. The molecular weight excluding hydrogens is 154 g/mol. The second-order valence-corrected chi connectivity index (χ2v) is 2.20. The molecule has 4 nitrogen and oxygen atoms in total. The number of methoxy groups -OCH3 is 1. The lowest BCUT2D eigenvalue weighted by Crippen LogP contribution is -1.91. The smallest absolute Gasteiger partial charge is 0.316 e. The van der Waals surface area contributed by atoms with E-state index in [1.807, 2.05) is 0 Å². The molecule has 2 heterocycles. The second kappa shape index (κ2) is 2.73. The van der Waals surface area contributed by atoms with E-state index >= 15 is 0 Å². The Morgan fingerprint density at radius 1 is 1.50 bits per heavy atom. The summed E-state index contributed by atoms with van der Waals surface area (Å²) in [6.07, 6.45) is 4.79. The fourth-order valence-corrected chi connectivity index (χ4v) is 0.914. The summed E-state index contributed by atoms with van der Waals surface area (Å²) in [5.41, 5.74) is 0.686. The summed E-state index contributed by atoms with van der Waals surface area (Å²) < 4.78 is 18.5. The van der Waals surface area contributed by atoms with Crippen LogP contribution in [0.4, 0.5) is 0 Å². The van der Waals surface area contributed by atoms with E-state index in [-0.39, 0.29) is 6.01 Å². The molecule has 0 radical (unpaired) electrons. The Labute approximate surface area is 72.1 Å². The molecule has 0 unspecified atom stereocenters. The number of aromatic nitrogens is 3. The summed E-state index contributed by atoms with van der Waals surface area (Å²) >= 11 is 0. The minimum absolute atomic E-state index is 0.0405. The quantitative estimate of drug-likeness (QED) is 0.630. The summed E-state index contributed by atoms with van der Waals surface area (Å²) in [6.45, 7) is 0. The maximum atomic E-state index is 6.88. The molecule has 0 amide bonds. The average Bonchev–Trinajstić information content (AvgIpc) is 2.17. The first-order valence-electron chi connectivity index (χ1n) is 4.49. The third-order valence-electron chi connectivity index (χ3n) is 1.46. The molecule has 0 aliphatic heterocycles. The fraction of sp³-hybridized carbons (Fsp3) is 0.125. The van der Waals surface area contributed by atoms with Crippen LogP contribution >= 0.6 is 0 Å². The standard InChI is InChI=1S/C8H7N3O/c1-12-8-10-5-6-4-9-3-2-7(6)11-8/h2-5H,1H3/i1D2. The number of hydrogen-bond acceptors (Lipinski definition) is 4. The highest BCUT2D eigenvalue weighted by molar-refractivity contribution is 5.76. The van der Waals surface area contributed by atoms with Gasteiger partial charge in [-0.1, -0.05) is 0 Å². The lowest BCUT2D eigenvalue weighted by Gasteiger charge is -1.97. The second-order valence-electron chi connectivity index (χ2n) is 2.20. The SMILES string of the molecule is [2H]C([2H])Oc1ncc2cnccc2n1. The fourth-order valence-electron chi connectivity index (χ4n) is 0.914. The van der Waals surface area contributed by atoms with Crippen molar-refractivity contribution in [3.8, 4) is 6.01 Å². The molecule has 0 aromatic carbocycles. The van der Waals surface area contributed by atoms with E-state index < -0.39 is 7.06 Å². The van der Waals surface area contributed by atoms with Gasteiger partial charge < -0.3 is 4.74 Å². The molecule has 0 bridgehead atoms. The molecule has 2 rings (SSSR count). The van der Waals surface area contributed by atoms with Crippen molar-refractivity contribution in [3.63, 3.8) is 0 Å². The van der Waals surface area contributed by atoms with Crippen molar-refractivity contribution in [2.45, 2.75) is 0 Å². The van der Waals surface area contributed by atoms with Gasteiger partial charge in [0.2, 0.25) is 0 Å². The Hall–Kier alpha value is -1.71. The van der Waals surface area contributed by atoms with Crippen LogP contribution in [0.2, 0.25) is 0 Å². The van der Waals surface area contributed by atoms with Crippen LogP contribution in [0.3, 0.4) is 0 Å². The van der Waals surface area contributed by atoms with Crippen LogP contribution in [0.25, 0.3) is 10.9 Å². The molecule has 0 spiro atoms. The van der Waals surface area contributed by atoms with E-state index in [1.165, 1.54) is 0 Å². The highest BCUT2D eigenvalue weighted by Gasteiger charge is 1.97. The Morgan fingerprint density at radius 3 is 3.42 bits per heavy atom. The molecule has 0 aliphatic rings. The zero-order valence-electron chi connectivity index (χ0n) is 8.14. The van der Waals surface area contributed by atoms with Crippen LogP contribution in [0, 0.1) is 0 Å². The number of pyridine rings is 1. The van der Waals surface area contributed by atoms with E-state index in [0.717, 1.165) is 5.39 Å². The minimum Gasteiger partial charge on any atom is -0.467 e. The van der Waals surface area contributed by atoms with Gasteiger partial charge in [0.1, 0.15) is 0 Å². The van der Waals surface area contributed by atoms with Crippen molar-refractivity contribution in [2.75, 3.05) is 7.06 Å². The Bertz CT molecular complexity index is 449. The van der Waals surface area contributed by atoms with Gasteiger partial charge in [0.15, 0.2) is 0 Å². The molecule has 60 valence electrons. The molecule has 0 saturated heterocycles. The van der Waals surface area contributed by atoms with Crippen molar-refractivity contribution in [1.29, 1.82) is 0 Å². The number of hydrogen-bond donors (Lipinski definition) is 0. The lowest BCUT2D eigenvalue weighted by atomic mass is 10.3. The first kappa shape index (κ1) is 5.03. The first-order chi connectivity index (χ1) is 6.75. The van der Waals surface area contributed by atoms with Crippen LogP contribution in [-0.4, -0.2) is 22.0 Å². The van der Waals surface area contributed by atoms with Gasteiger partial charge in [-0.15, -0.1) is 0 Å². The van der Waals surface area contributed by atoms with Gasteiger partial charge in [-0.3, -0.25) is 4.98 Å². The highest BCUT2D eigenvalue weighted by atomic mass is 16.5. The molecule has 2 aromatic rings. The number of fused-ring (bicyclic) bond motifs is 1. The largest absolute Gasteiger partial charge is 0.467 e. The Morgan fingerprint density at radius 2 is 2.50 bits per heavy atom. The molecule has 4 heteroatoms. The third-order valence-corrected chi connectivity index (χ3v) is 1.46. The molecule has 0 saturated carbocycles. The number of ether oxygens (including phenoxy) is 1. The van der Waals surface area contributed by atoms with Crippen LogP contribution in [0.1, 0.15) is 2.74 Å². The predicted octanol–water partition coefficient (Wildman–Crippen LogP) is 1.03. The topological polar surface area (TPSA) is 47.9 Å². The minimum atomic E-state index is -1.41. The maximum Gasteiger partial charge on any atom is 0.316 e. The summed E-state index contributed by atoms with van der Waals surface area (Å²) in [5.74, 6) is 0. The summed E-state index contributed by atoms with van der Waals surface area (Å²) in [6, 6.07) is 1.76. The summed E-state index contributed by atoms with van der Waals surface area (Å²) in [5, 5.41) is 0.798. The van der Waals surface area contributed by atoms with Gasteiger partial charge >= 0.3 is 6.01 Å². The predicted molar refractivity (Wildman–Crippen MR) is 43.9 cm³/mol. The molecule has 0 fully saturated rings. The van der Waals surface area contributed by atoms with Gasteiger partial charge in [0, 0.05) is 24.0 Å². The first-order valence-corrected chi connectivity index (χ1v) is 3.33. The van der Waals surface area contributed by atoms with Crippen LogP contribution in [0.5, 0.6) is 6.01 Å². The van der Waals surface area contributed by atoms with E-state index in [2.05, 4.69) is 15.0 Å². The monoisotopic (exact) mass is 163 g/mol. The summed E-state index contributed by atoms with van der Waals surface area (Å²) in [4.78, 5) is 11.7. The van der Waals surface area contributed by atoms with Crippen LogP contribution < -0.4 is 4.74 Å². The van der Waals surface area contributed by atoms with E-state index in [9.17, 15) is 0 Å². The average molecular weight is 163 g/mol. The van der Waals surface area contributed by atoms with E-state index in [0.29, 0.717) is 5.52 Å². The highest BCUT2D eigenvalue weighted by Crippen LogP contribution is 2.10. The Kier molecular flexibility index (Phi) is 1.14. The molecule has 2 aromatic heterocycles. The van der Waals surface area contributed by atoms with Gasteiger partial charge in [0.05, 0.1) is 15.3 Å². The third kappa shape index (κ3) is 1.07. The van der Waals surface area contributed by atoms with Crippen molar-refractivity contribution in [3.05, 3.63) is 24.7 Å². The van der Waals surface area contributed by atoms with Gasteiger partial charge in [0.25, 0.3) is 0 Å². The van der Waals surface area contributed by atoms with Crippen LogP contribution in [-0.2, 0) is 0 Å². The zero-order valence-corrected chi connectivity index (χ0v) is 6.14. The number of rotatable bonds is 1. The molecule has 12 heavy (non-hydrogen) atoms. The molecule has 0 aliphatic carbocycles. The lowest BCUT2D eigenvalue weighted by molar-refractivity contribution is 0.382. The summed E-state index contributed by atoms with van der Waals surface area (Å²) in [7, 11) is -1.41. The number of nitrogens with zero attached hydrogens (tertiary/aromatic N) is 3. The van der Waals surface area contributed by atoms with Gasteiger partial charge in [-0.25, -0.2) is 4.98 Å². The van der Waals surface area contributed by atoms with Crippen molar-refractivity contribution >= 4 is 10.9 Å². The zero-order chi connectivity index (χ0) is 9.97. The van der Waals surface area contributed by atoms with Gasteiger partial charge in [-0.05, 0) is 6.07 Å².